The molecule has 4 rings (SSSR count). The molecular formula is C23H24N2O2. The molecule has 0 atom stereocenters. The zero-order valence-corrected chi connectivity index (χ0v) is 15.8. The highest BCUT2D eigenvalue weighted by atomic mass is 16.5. The van der Waals surface area contributed by atoms with Crippen LogP contribution in [0.15, 0.2) is 60.7 Å². The minimum Gasteiger partial charge on any atom is -0.497 e. The van der Waals surface area contributed by atoms with Crippen LogP contribution in [0.2, 0.25) is 0 Å². The fraction of sp³-hybridized carbons (Fsp3) is 0.261. The molecule has 0 spiro atoms. The van der Waals surface area contributed by atoms with Crippen LogP contribution < -0.4 is 4.74 Å². The first kappa shape index (κ1) is 17.4. The first-order chi connectivity index (χ1) is 13.2. The molecule has 0 bridgehead atoms. The van der Waals surface area contributed by atoms with Crippen molar-refractivity contribution in [2.75, 3.05) is 20.2 Å². The number of benzene rings is 2. The molecule has 3 aromatic rings. The number of amides is 1. The zero-order chi connectivity index (χ0) is 18.8. The number of methoxy groups -OCH3 is 1. The Morgan fingerprint density at radius 1 is 0.963 bits per heavy atom. The van der Waals surface area contributed by atoms with E-state index in [0.717, 1.165) is 59.9 Å². The fourth-order valence-corrected chi connectivity index (χ4v) is 3.82. The predicted molar refractivity (Wildman–Crippen MR) is 108 cm³/mol. The molecule has 138 valence electrons. The van der Waals surface area contributed by atoms with Gasteiger partial charge in [-0.1, -0.05) is 30.3 Å². The van der Waals surface area contributed by atoms with Gasteiger partial charge in [-0.05, 0) is 50.1 Å². The fourth-order valence-electron chi connectivity index (χ4n) is 3.82. The number of nitrogens with zero attached hydrogens (tertiary/aromatic N) is 2. The second-order valence-corrected chi connectivity index (χ2v) is 6.93. The Morgan fingerprint density at radius 3 is 2.41 bits per heavy atom. The number of carbonyl (C=O) groups excluding carboxylic acids is 1. The topological polar surface area (TPSA) is 34.5 Å². The van der Waals surface area contributed by atoms with Gasteiger partial charge in [0.05, 0.1) is 18.4 Å². The van der Waals surface area contributed by atoms with Crippen molar-refractivity contribution < 1.29 is 9.53 Å². The van der Waals surface area contributed by atoms with Crippen LogP contribution in [0.4, 0.5) is 0 Å². The average molecular weight is 360 g/mol. The van der Waals surface area contributed by atoms with Crippen molar-refractivity contribution in [1.82, 2.24) is 9.47 Å². The van der Waals surface area contributed by atoms with Gasteiger partial charge >= 0.3 is 0 Å². The van der Waals surface area contributed by atoms with Gasteiger partial charge in [0.25, 0.3) is 5.91 Å². The minimum atomic E-state index is 0.129. The Hall–Kier alpha value is -3.01. The molecule has 0 aliphatic carbocycles. The quantitative estimate of drug-likeness (QED) is 0.676. The van der Waals surface area contributed by atoms with Crippen molar-refractivity contribution >= 4 is 5.91 Å². The molecule has 1 amide bonds. The number of aromatic nitrogens is 1. The van der Waals surface area contributed by atoms with Crippen LogP contribution >= 0.6 is 0 Å². The van der Waals surface area contributed by atoms with Gasteiger partial charge in [-0.25, -0.2) is 0 Å². The van der Waals surface area contributed by atoms with Crippen molar-refractivity contribution in [2.24, 2.45) is 0 Å². The van der Waals surface area contributed by atoms with Gasteiger partial charge in [0, 0.05) is 30.0 Å². The van der Waals surface area contributed by atoms with E-state index in [1.165, 1.54) is 0 Å². The standard InChI is InChI=1S/C23H24N2O2/c1-17-21(23(26)24-13-6-7-14-24)16-22(18-9-8-12-20(15-18)27-2)25(17)19-10-4-3-5-11-19/h3-5,8-12,15-16H,6-7,13-14H2,1-2H3. The highest BCUT2D eigenvalue weighted by molar-refractivity contribution is 5.97. The van der Waals surface area contributed by atoms with Gasteiger partial charge < -0.3 is 14.2 Å². The third kappa shape index (κ3) is 3.23. The van der Waals surface area contributed by atoms with E-state index in [4.69, 9.17) is 4.74 Å². The normalized spacial score (nSPS) is 13.8. The Labute approximate surface area is 160 Å². The summed E-state index contributed by atoms with van der Waals surface area (Å²) in [5.41, 5.74) is 4.82. The maximum atomic E-state index is 13.1. The lowest BCUT2D eigenvalue weighted by molar-refractivity contribution is 0.0792. The summed E-state index contributed by atoms with van der Waals surface area (Å²) < 4.78 is 7.57. The van der Waals surface area contributed by atoms with Crippen molar-refractivity contribution in [3.8, 4) is 22.7 Å². The minimum absolute atomic E-state index is 0.129. The SMILES string of the molecule is COc1cccc(-c2cc(C(=O)N3CCCC3)c(C)n2-c2ccccc2)c1. The smallest absolute Gasteiger partial charge is 0.255 e. The van der Waals surface area contributed by atoms with E-state index in [1.807, 2.05) is 54.3 Å². The lowest BCUT2D eigenvalue weighted by Gasteiger charge is -2.16. The summed E-state index contributed by atoms with van der Waals surface area (Å²) >= 11 is 0. The molecule has 1 saturated heterocycles. The van der Waals surface area contributed by atoms with E-state index in [-0.39, 0.29) is 5.91 Å². The first-order valence-corrected chi connectivity index (χ1v) is 9.40. The van der Waals surface area contributed by atoms with Crippen molar-refractivity contribution in [1.29, 1.82) is 0 Å². The van der Waals surface area contributed by atoms with E-state index in [9.17, 15) is 4.79 Å². The van der Waals surface area contributed by atoms with Crippen LogP contribution in [-0.2, 0) is 0 Å². The molecule has 27 heavy (non-hydrogen) atoms. The number of hydrogen-bond acceptors (Lipinski definition) is 2. The van der Waals surface area contributed by atoms with Crippen LogP contribution in [-0.4, -0.2) is 35.6 Å². The summed E-state index contributed by atoms with van der Waals surface area (Å²) in [6.07, 6.45) is 2.18. The molecule has 2 heterocycles. The van der Waals surface area contributed by atoms with Crippen LogP contribution in [0.5, 0.6) is 5.75 Å². The third-order valence-electron chi connectivity index (χ3n) is 5.25. The van der Waals surface area contributed by atoms with E-state index in [1.54, 1.807) is 7.11 Å². The van der Waals surface area contributed by atoms with Gasteiger partial charge in [0.15, 0.2) is 0 Å². The third-order valence-corrected chi connectivity index (χ3v) is 5.25. The molecule has 0 N–H and O–H groups in total. The second kappa shape index (κ2) is 7.31. The number of rotatable bonds is 4. The van der Waals surface area contributed by atoms with E-state index < -0.39 is 0 Å². The Balaban J connectivity index is 1.88. The van der Waals surface area contributed by atoms with E-state index in [0.29, 0.717) is 0 Å². The first-order valence-electron chi connectivity index (χ1n) is 9.40. The second-order valence-electron chi connectivity index (χ2n) is 6.93. The summed E-state index contributed by atoms with van der Waals surface area (Å²) in [4.78, 5) is 15.1. The Kier molecular flexibility index (Phi) is 4.71. The van der Waals surface area contributed by atoms with Gasteiger partial charge in [-0.2, -0.15) is 0 Å². The zero-order valence-electron chi connectivity index (χ0n) is 15.8. The summed E-state index contributed by atoms with van der Waals surface area (Å²) in [7, 11) is 1.67. The van der Waals surface area contributed by atoms with Crippen molar-refractivity contribution in [3.63, 3.8) is 0 Å². The van der Waals surface area contributed by atoms with Crippen molar-refractivity contribution in [2.45, 2.75) is 19.8 Å². The summed E-state index contributed by atoms with van der Waals surface area (Å²) in [5, 5.41) is 0. The number of hydrogen-bond donors (Lipinski definition) is 0. The summed E-state index contributed by atoms with van der Waals surface area (Å²) in [6.45, 7) is 3.73. The largest absolute Gasteiger partial charge is 0.497 e. The monoisotopic (exact) mass is 360 g/mol. The number of carbonyl (C=O) groups is 1. The van der Waals surface area contributed by atoms with Gasteiger partial charge in [-0.15, -0.1) is 0 Å². The highest BCUT2D eigenvalue weighted by Gasteiger charge is 2.25. The lowest BCUT2D eigenvalue weighted by Crippen LogP contribution is -2.27. The number of para-hydroxylation sites is 1. The number of ether oxygens (including phenoxy) is 1. The molecule has 4 heteroatoms. The van der Waals surface area contributed by atoms with Crippen LogP contribution in [0.25, 0.3) is 16.9 Å². The maximum Gasteiger partial charge on any atom is 0.255 e. The molecule has 1 aromatic heterocycles. The summed E-state index contributed by atoms with van der Waals surface area (Å²) in [5.74, 6) is 0.933. The number of likely N-dealkylation sites (tertiary alicyclic amines) is 1. The molecule has 0 saturated carbocycles. The molecule has 2 aromatic carbocycles. The van der Waals surface area contributed by atoms with Crippen molar-refractivity contribution in [3.05, 3.63) is 71.9 Å². The highest BCUT2D eigenvalue weighted by Crippen LogP contribution is 2.32. The molecule has 1 fully saturated rings. The molecule has 0 radical (unpaired) electrons. The molecular weight excluding hydrogens is 336 g/mol. The Morgan fingerprint density at radius 2 is 1.70 bits per heavy atom. The predicted octanol–water partition coefficient (Wildman–Crippen LogP) is 4.70. The molecule has 1 aliphatic rings. The van der Waals surface area contributed by atoms with Gasteiger partial charge in [0.1, 0.15) is 5.75 Å². The average Bonchev–Trinajstić information content (AvgIpc) is 3.36. The van der Waals surface area contributed by atoms with Crippen LogP contribution in [0.1, 0.15) is 28.9 Å². The van der Waals surface area contributed by atoms with E-state index >= 15 is 0 Å². The Bertz CT molecular complexity index is 954. The van der Waals surface area contributed by atoms with Crippen LogP contribution in [0, 0.1) is 6.92 Å². The molecule has 4 nitrogen and oxygen atoms in total. The van der Waals surface area contributed by atoms with E-state index in [2.05, 4.69) is 22.8 Å². The van der Waals surface area contributed by atoms with Gasteiger partial charge in [-0.3, -0.25) is 4.79 Å². The molecule has 0 unspecified atom stereocenters. The van der Waals surface area contributed by atoms with Crippen LogP contribution in [0.3, 0.4) is 0 Å². The molecule has 1 aliphatic heterocycles. The van der Waals surface area contributed by atoms with Gasteiger partial charge in [0.2, 0.25) is 0 Å². The summed E-state index contributed by atoms with van der Waals surface area (Å²) in [6, 6.07) is 20.2. The lowest BCUT2D eigenvalue weighted by atomic mass is 10.1. The maximum absolute atomic E-state index is 13.1.